The van der Waals surface area contributed by atoms with Crippen molar-refractivity contribution in [2.75, 3.05) is 0 Å². The summed E-state index contributed by atoms with van der Waals surface area (Å²) in [6.07, 6.45) is 3.30. The number of nitrogens with zero attached hydrogens (tertiary/aromatic N) is 1. The second-order valence-electron chi connectivity index (χ2n) is 4.04. The average Bonchev–Trinajstić information content (AvgIpc) is 2.69. The highest BCUT2D eigenvalue weighted by Gasteiger charge is 2.13. The third kappa shape index (κ3) is 2.16. The van der Waals surface area contributed by atoms with Gasteiger partial charge in [-0.05, 0) is 18.9 Å². The highest BCUT2D eigenvalue weighted by Crippen LogP contribution is 2.28. The Morgan fingerprint density at radius 1 is 1.19 bits per heavy atom. The lowest BCUT2D eigenvalue weighted by atomic mass is 10.0. The van der Waals surface area contributed by atoms with Gasteiger partial charge in [0.2, 0.25) is 0 Å². The average molecular weight is 215 g/mol. The van der Waals surface area contributed by atoms with Gasteiger partial charge < -0.3 is 4.52 Å². The Hall–Kier alpha value is -1.57. The zero-order chi connectivity index (χ0) is 11.4. The van der Waals surface area contributed by atoms with E-state index in [0.29, 0.717) is 0 Å². The summed E-state index contributed by atoms with van der Waals surface area (Å²) in [7, 11) is 0. The summed E-state index contributed by atoms with van der Waals surface area (Å²) in [6, 6.07) is 10.3. The van der Waals surface area contributed by atoms with Crippen molar-refractivity contribution in [3.8, 4) is 11.1 Å². The normalized spacial score (nSPS) is 10.6. The van der Waals surface area contributed by atoms with Gasteiger partial charge >= 0.3 is 0 Å². The molecular formula is C14H17NO. The maximum Gasteiger partial charge on any atom is 0.144 e. The Morgan fingerprint density at radius 3 is 2.62 bits per heavy atom. The first kappa shape index (κ1) is 10.9. The number of aromatic nitrogens is 1. The summed E-state index contributed by atoms with van der Waals surface area (Å²) in [6.45, 7) is 4.19. The first-order valence-corrected chi connectivity index (χ1v) is 5.83. The quantitative estimate of drug-likeness (QED) is 0.770. The van der Waals surface area contributed by atoms with Gasteiger partial charge in [-0.15, -0.1) is 0 Å². The second-order valence-corrected chi connectivity index (χ2v) is 4.04. The summed E-state index contributed by atoms with van der Waals surface area (Å²) in [4.78, 5) is 0. The van der Waals surface area contributed by atoms with Crippen molar-refractivity contribution >= 4 is 0 Å². The molecule has 0 spiro atoms. The second kappa shape index (κ2) is 4.97. The molecule has 2 heteroatoms. The molecule has 0 saturated carbocycles. The number of hydrogen-bond donors (Lipinski definition) is 0. The number of benzene rings is 1. The third-order valence-corrected chi connectivity index (χ3v) is 2.75. The van der Waals surface area contributed by atoms with Gasteiger partial charge in [-0.1, -0.05) is 48.8 Å². The van der Waals surface area contributed by atoms with Gasteiger partial charge in [0.1, 0.15) is 5.76 Å². The van der Waals surface area contributed by atoms with E-state index in [-0.39, 0.29) is 0 Å². The SMILES string of the molecule is CCCCc1onc(C)c1-c1ccccc1. The lowest BCUT2D eigenvalue weighted by Gasteiger charge is -2.01. The van der Waals surface area contributed by atoms with Crippen molar-refractivity contribution in [3.63, 3.8) is 0 Å². The molecule has 16 heavy (non-hydrogen) atoms. The first-order valence-electron chi connectivity index (χ1n) is 5.83. The molecule has 0 amide bonds. The molecule has 0 unspecified atom stereocenters. The molecule has 0 aliphatic carbocycles. The van der Waals surface area contributed by atoms with E-state index >= 15 is 0 Å². The minimum atomic E-state index is 0.974. The number of aryl methyl sites for hydroxylation is 2. The standard InChI is InChI=1S/C14H17NO/c1-3-4-10-13-14(11(2)15-16-13)12-8-6-5-7-9-12/h5-9H,3-4,10H2,1-2H3. The summed E-state index contributed by atoms with van der Waals surface area (Å²) in [5.41, 5.74) is 3.36. The summed E-state index contributed by atoms with van der Waals surface area (Å²) in [5.74, 6) is 1.02. The monoisotopic (exact) mass is 215 g/mol. The van der Waals surface area contributed by atoms with Crippen LogP contribution in [-0.4, -0.2) is 5.16 Å². The molecule has 0 atom stereocenters. The van der Waals surface area contributed by atoms with Crippen LogP contribution in [0.5, 0.6) is 0 Å². The van der Waals surface area contributed by atoms with E-state index in [1.54, 1.807) is 0 Å². The Balaban J connectivity index is 2.35. The Bertz CT molecular complexity index is 445. The molecule has 2 nitrogen and oxygen atoms in total. The number of unbranched alkanes of at least 4 members (excludes halogenated alkanes) is 1. The first-order chi connectivity index (χ1) is 7.83. The summed E-state index contributed by atoms with van der Waals surface area (Å²) in [5, 5.41) is 4.07. The topological polar surface area (TPSA) is 26.0 Å². The molecule has 0 bridgehead atoms. The summed E-state index contributed by atoms with van der Waals surface area (Å²) >= 11 is 0. The summed E-state index contributed by atoms with van der Waals surface area (Å²) < 4.78 is 5.40. The fraction of sp³-hybridized carbons (Fsp3) is 0.357. The third-order valence-electron chi connectivity index (χ3n) is 2.75. The van der Waals surface area contributed by atoms with E-state index in [2.05, 4.69) is 24.2 Å². The molecular weight excluding hydrogens is 198 g/mol. The van der Waals surface area contributed by atoms with Crippen LogP contribution < -0.4 is 0 Å². The van der Waals surface area contributed by atoms with E-state index in [1.165, 1.54) is 17.5 Å². The highest BCUT2D eigenvalue weighted by atomic mass is 16.5. The zero-order valence-electron chi connectivity index (χ0n) is 9.86. The fourth-order valence-electron chi connectivity index (χ4n) is 1.90. The zero-order valence-corrected chi connectivity index (χ0v) is 9.86. The van der Waals surface area contributed by atoms with E-state index in [9.17, 15) is 0 Å². The number of hydrogen-bond acceptors (Lipinski definition) is 2. The van der Waals surface area contributed by atoms with Crippen molar-refractivity contribution < 1.29 is 4.52 Å². The van der Waals surface area contributed by atoms with E-state index in [0.717, 1.165) is 24.3 Å². The van der Waals surface area contributed by atoms with Gasteiger partial charge in [-0.3, -0.25) is 0 Å². The number of rotatable bonds is 4. The van der Waals surface area contributed by atoms with E-state index in [1.807, 2.05) is 25.1 Å². The Morgan fingerprint density at radius 2 is 1.94 bits per heavy atom. The lowest BCUT2D eigenvalue weighted by molar-refractivity contribution is 0.377. The van der Waals surface area contributed by atoms with Crippen LogP contribution in [0.15, 0.2) is 34.9 Å². The lowest BCUT2D eigenvalue weighted by Crippen LogP contribution is -1.87. The van der Waals surface area contributed by atoms with Crippen LogP contribution in [0, 0.1) is 6.92 Å². The van der Waals surface area contributed by atoms with Crippen molar-refractivity contribution in [2.24, 2.45) is 0 Å². The van der Waals surface area contributed by atoms with Crippen molar-refractivity contribution in [1.82, 2.24) is 5.16 Å². The molecule has 2 rings (SSSR count). The molecule has 1 aromatic carbocycles. The minimum absolute atomic E-state index is 0.974. The predicted molar refractivity (Wildman–Crippen MR) is 65.3 cm³/mol. The maximum atomic E-state index is 5.40. The highest BCUT2D eigenvalue weighted by molar-refractivity contribution is 5.67. The van der Waals surface area contributed by atoms with Crippen LogP contribution in [0.25, 0.3) is 11.1 Å². The van der Waals surface area contributed by atoms with Crippen molar-refractivity contribution in [1.29, 1.82) is 0 Å². The molecule has 1 heterocycles. The fourth-order valence-corrected chi connectivity index (χ4v) is 1.90. The molecule has 84 valence electrons. The van der Waals surface area contributed by atoms with E-state index in [4.69, 9.17) is 4.52 Å². The molecule has 2 aromatic rings. The molecule has 0 N–H and O–H groups in total. The van der Waals surface area contributed by atoms with Crippen LogP contribution in [0.1, 0.15) is 31.2 Å². The molecule has 0 aliphatic heterocycles. The van der Waals surface area contributed by atoms with Gasteiger partial charge in [-0.2, -0.15) is 0 Å². The molecule has 1 aromatic heterocycles. The Labute approximate surface area is 96.3 Å². The van der Waals surface area contributed by atoms with Crippen LogP contribution in [0.2, 0.25) is 0 Å². The van der Waals surface area contributed by atoms with Crippen LogP contribution in [0.4, 0.5) is 0 Å². The van der Waals surface area contributed by atoms with Crippen LogP contribution >= 0.6 is 0 Å². The molecule has 0 aliphatic rings. The van der Waals surface area contributed by atoms with Gasteiger partial charge in [0.05, 0.1) is 5.69 Å². The van der Waals surface area contributed by atoms with Gasteiger partial charge in [0, 0.05) is 12.0 Å². The van der Waals surface area contributed by atoms with E-state index < -0.39 is 0 Å². The van der Waals surface area contributed by atoms with Crippen LogP contribution in [-0.2, 0) is 6.42 Å². The largest absolute Gasteiger partial charge is 0.360 e. The van der Waals surface area contributed by atoms with Crippen molar-refractivity contribution in [3.05, 3.63) is 41.8 Å². The van der Waals surface area contributed by atoms with Crippen molar-refractivity contribution in [2.45, 2.75) is 33.1 Å². The maximum absolute atomic E-state index is 5.40. The van der Waals surface area contributed by atoms with Crippen LogP contribution in [0.3, 0.4) is 0 Å². The molecule has 0 fully saturated rings. The Kier molecular flexibility index (Phi) is 3.40. The molecule has 0 saturated heterocycles. The molecule has 0 radical (unpaired) electrons. The smallest absolute Gasteiger partial charge is 0.144 e. The van der Waals surface area contributed by atoms with Gasteiger partial charge in [0.25, 0.3) is 0 Å². The predicted octanol–water partition coefficient (Wildman–Crippen LogP) is 3.99. The minimum Gasteiger partial charge on any atom is -0.360 e. The van der Waals surface area contributed by atoms with Gasteiger partial charge in [-0.25, -0.2) is 0 Å². The van der Waals surface area contributed by atoms with Gasteiger partial charge in [0.15, 0.2) is 0 Å².